The first-order chi connectivity index (χ1) is 8.33. The summed E-state index contributed by atoms with van der Waals surface area (Å²) in [5.41, 5.74) is 1.77. The molecular formula is C14H18N2O. The van der Waals surface area contributed by atoms with Gasteiger partial charge in [-0.05, 0) is 30.5 Å². The largest absolute Gasteiger partial charge is 0.495 e. The van der Waals surface area contributed by atoms with E-state index in [-0.39, 0.29) is 0 Å². The zero-order valence-electron chi connectivity index (χ0n) is 10.2. The highest BCUT2D eigenvalue weighted by atomic mass is 16.5. The van der Waals surface area contributed by atoms with Gasteiger partial charge >= 0.3 is 0 Å². The zero-order valence-corrected chi connectivity index (χ0v) is 10.2. The van der Waals surface area contributed by atoms with Crippen LogP contribution in [0.4, 0.5) is 0 Å². The molecule has 90 valence electrons. The van der Waals surface area contributed by atoms with E-state index in [9.17, 15) is 0 Å². The van der Waals surface area contributed by atoms with Gasteiger partial charge in [0.25, 0.3) is 0 Å². The van der Waals surface area contributed by atoms with Crippen molar-refractivity contribution < 1.29 is 4.74 Å². The molecule has 1 fully saturated rings. The van der Waals surface area contributed by atoms with Gasteiger partial charge in [-0.15, -0.1) is 0 Å². The summed E-state index contributed by atoms with van der Waals surface area (Å²) in [5.74, 6) is 0.665. The average Bonchev–Trinajstić information content (AvgIpc) is 2.89. The Balaban J connectivity index is 1.98. The van der Waals surface area contributed by atoms with Crippen molar-refractivity contribution in [2.24, 2.45) is 0 Å². The van der Waals surface area contributed by atoms with Crippen LogP contribution in [0.25, 0.3) is 0 Å². The lowest BCUT2D eigenvalue weighted by atomic mass is 10.1. The van der Waals surface area contributed by atoms with Gasteiger partial charge in [0.15, 0.2) is 0 Å². The van der Waals surface area contributed by atoms with Crippen LogP contribution in [0, 0.1) is 11.3 Å². The third kappa shape index (κ3) is 2.98. The molecule has 1 N–H and O–H groups in total. The first-order valence-corrected chi connectivity index (χ1v) is 6.14. The Morgan fingerprint density at radius 3 is 2.82 bits per heavy atom. The lowest BCUT2D eigenvalue weighted by Gasteiger charge is -2.12. The molecule has 0 saturated heterocycles. The maximum atomic E-state index is 8.90. The molecule has 1 saturated carbocycles. The van der Waals surface area contributed by atoms with E-state index < -0.39 is 0 Å². The number of hydrogen-bond acceptors (Lipinski definition) is 3. The van der Waals surface area contributed by atoms with Crippen LogP contribution in [-0.2, 0) is 6.54 Å². The number of rotatable bonds is 4. The Hall–Kier alpha value is -1.53. The molecule has 17 heavy (non-hydrogen) atoms. The summed E-state index contributed by atoms with van der Waals surface area (Å²) in [6.07, 6.45) is 5.25. The summed E-state index contributed by atoms with van der Waals surface area (Å²) in [7, 11) is 1.60. The van der Waals surface area contributed by atoms with Gasteiger partial charge in [-0.25, -0.2) is 0 Å². The fourth-order valence-electron chi connectivity index (χ4n) is 2.33. The van der Waals surface area contributed by atoms with Crippen LogP contribution in [0.2, 0.25) is 0 Å². The molecule has 1 aliphatic carbocycles. The van der Waals surface area contributed by atoms with Crippen molar-refractivity contribution in [1.82, 2.24) is 5.32 Å². The third-order valence-electron chi connectivity index (χ3n) is 3.34. The molecule has 1 aromatic rings. The SMILES string of the molecule is COc1cc(CNC2CCCC2)ccc1C#N. The van der Waals surface area contributed by atoms with Crippen molar-refractivity contribution >= 4 is 0 Å². The standard InChI is InChI=1S/C14H18N2O/c1-17-14-8-11(6-7-12(14)9-15)10-16-13-4-2-3-5-13/h6-8,13,16H,2-5,10H2,1H3. The highest BCUT2D eigenvalue weighted by Gasteiger charge is 2.14. The smallest absolute Gasteiger partial charge is 0.136 e. The first kappa shape index (κ1) is 11.9. The molecule has 3 nitrogen and oxygen atoms in total. The van der Waals surface area contributed by atoms with E-state index in [0.717, 1.165) is 6.54 Å². The molecule has 0 amide bonds. The molecule has 0 spiro atoms. The van der Waals surface area contributed by atoms with Crippen LogP contribution < -0.4 is 10.1 Å². The Kier molecular flexibility index (Phi) is 4.00. The Labute approximate surface area is 102 Å². The summed E-state index contributed by atoms with van der Waals surface area (Å²) in [6.45, 7) is 0.854. The Morgan fingerprint density at radius 2 is 2.18 bits per heavy atom. The van der Waals surface area contributed by atoms with Crippen LogP contribution >= 0.6 is 0 Å². The Morgan fingerprint density at radius 1 is 1.41 bits per heavy atom. The normalized spacial score (nSPS) is 15.8. The molecule has 0 atom stereocenters. The van der Waals surface area contributed by atoms with E-state index in [0.29, 0.717) is 17.4 Å². The summed E-state index contributed by atoms with van der Waals surface area (Å²) >= 11 is 0. The molecule has 0 aliphatic heterocycles. The van der Waals surface area contributed by atoms with Gasteiger partial charge in [-0.3, -0.25) is 0 Å². The molecule has 0 bridgehead atoms. The minimum atomic E-state index is 0.595. The van der Waals surface area contributed by atoms with Gasteiger partial charge in [0, 0.05) is 12.6 Å². The highest BCUT2D eigenvalue weighted by molar-refractivity contribution is 5.45. The van der Waals surface area contributed by atoms with Crippen LogP contribution in [-0.4, -0.2) is 13.2 Å². The van der Waals surface area contributed by atoms with Crippen LogP contribution in [0.15, 0.2) is 18.2 Å². The Bertz CT molecular complexity index is 417. The maximum absolute atomic E-state index is 8.90. The fraction of sp³-hybridized carbons (Fsp3) is 0.500. The number of hydrogen-bond donors (Lipinski definition) is 1. The van der Waals surface area contributed by atoms with E-state index in [2.05, 4.69) is 11.4 Å². The predicted molar refractivity (Wildman–Crippen MR) is 66.8 cm³/mol. The van der Waals surface area contributed by atoms with E-state index in [1.54, 1.807) is 7.11 Å². The third-order valence-corrected chi connectivity index (χ3v) is 3.34. The summed E-state index contributed by atoms with van der Waals surface area (Å²) in [6, 6.07) is 8.55. The summed E-state index contributed by atoms with van der Waals surface area (Å²) in [5, 5.41) is 12.4. The minimum absolute atomic E-state index is 0.595. The summed E-state index contributed by atoms with van der Waals surface area (Å²) < 4.78 is 5.20. The second-order valence-electron chi connectivity index (χ2n) is 4.51. The van der Waals surface area contributed by atoms with Crippen LogP contribution in [0.1, 0.15) is 36.8 Å². The number of nitrogens with zero attached hydrogens (tertiary/aromatic N) is 1. The first-order valence-electron chi connectivity index (χ1n) is 6.14. The van der Waals surface area contributed by atoms with Crippen molar-refractivity contribution in [2.75, 3.05) is 7.11 Å². The van der Waals surface area contributed by atoms with Crippen molar-refractivity contribution in [2.45, 2.75) is 38.3 Å². The number of methoxy groups -OCH3 is 1. The van der Waals surface area contributed by atoms with Crippen molar-refractivity contribution in [3.8, 4) is 11.8 Å². The molecule has 1 aromatic carbocycles. The second-order valence-corrected chi connectivity index (χ2v) is 4.51. The number of ether oxygens (including phenoxy) is 1. The van der Waals surface area contributed by atoms with Crippen molar-refractivity contribution in [1.29, 1.82) is 5.26 Å². The maximum Gasteiger partial charge on any atom is 0.136 e. The van der Waals surface area contributed by atoms with Gasteiger partial charge < -0.3 is 10.1 Å². The minimum Gasteiger partial charge on any atom is -0.495 e. The topological polar surface area (TPSA) is 45.0 Å². The monoisotopic (exact) mass is 230 g/mol. The molecule has 0 aromatic heterocycles. The van der Waals surface area contributed by atoms with Gasteiger partial charge in [-0.1, -0.05) is 18.9 Å². The lowest BCUT2D eigenvalue weighted by molar-refractivity contribution is 0.412. The molecule has 0 unspecified atom stereocenters. The van der Waals surface area contributed by atoms with E-state index in [4.69, 9.17) is 10.00 Å². The van der Waals surface area contributed by atoms with Gasteiger partial charge in [-0.2, -0.15) is 5.26 Å². The van der Waals surface area contributed by atoms with E-state index in [1.807, 2.05) is 18.2 Å². The molecule has 0 radical (unpaired) electrons. The van der Waals surface area contributed by atoms with Gasteiger partial charge in [0.2, 0.25) is 0 Å². The number of benzene rings is 1. The van der Waals surface area contributed by atoms with Crippen molar-refractivity contribution in [3.05, 3.63) is 29.3 Å². The fourth-order valence-corrected chi connectivity index (χ4v) is 2.33. The number of nitriles is 1. The van der Waals surface area contributed by atoms with Gasteiger partial charge in [0.1, 0.15) is 11.8 Å². The average molecular weight is 230 g/mol. The molecule has 3 heteroatoms. The molecule has 1 aliphatic rings. The van der Waals surface area contributed by atoms with Crippen LogP contribution in [0.5, 0.6) is 5.75 Å². The van der Waals surface area contributed by atoms with Crippen LogP contribution in [0.3, 0.4) is 0 Å². The molecular weight excluding hydrogens is 212 g/mol. The van der Waals surface area contributed by atoms with Gasteiger partial charge in [0.05, 0.1) is 12.7 Å². The zero-order chi connectivity index (χ0) is 12.1. The molecule has 0 heterocycles. The molecule has 2 rings (SSSR count). The lowest BCUT2D eigenvalue weighted by Crippen LogP contribution is -2.25. The van der Waals surface area contributed by atoms with Crippen molar-refractivity contribution in [3.63, 3.8) is 0 Å². The summed E-state index contributed by atoms with van der Waals surface area (Å²) in [4.78, 5) is 0. The predicted octanol–water partition coefficient (Wildman–Crippen LogP) is 2.60. The van der Waals surface area contributed by atoms with E-state index in [1.165, 1.54) is 31.2 Å². The van der Waals surface area contributed by atoms with E-state index >= 15 is 0 Å². The quantitative estimate of drug-likeness (QED) is 0.864. The number of nitrogens with one attached hydrogen (secondary N) is 1. The second kappa shape index (κ2) is 5.70. The highest BCUT2D eigenvalue weighted by Crippen LogP contribution is 2.21.